The van der Waals surface area contributed by atoms with Crippen LogP contribution in [0.2, 0.25) is 0 Å². The predicted octanol–water partition coefficient (Wildman–Crippen LogP) is 6.09. The summed E-state index contributed by atoms with van der Waals surface area (Å²) in [7, 11) is 0. The van der Waals surface area contributed by atoms with E-state index in [9.17, 15) is 4.79 Å². The van der Waals surface area contributed by atoms with E-state index in [2.05, 4.69) is 46.0 Å². The fourth-order valence-corrected chi connectivity index (χ4v) is 3.13. The quantitative estimate of drug-likeness (QED) is 0.474. The molecule has 0 saturated heterocycles. The molecule has 5 heteroatoms. The molecule has 0 aromatic heterocycles. The second-order valence-electron chi connectivity index (χ2n) is 6.53. The number of aliphatic imine (C=N–C) groups is 1. The average molecular weight is 438 g/mol. The van der Waals surface area contributed by atoms with Crippen LogP contribution < -0.4 is 4.74 Å². The normalized spacial score (nSPS) is 11.0. The Morgan fingerprint density at radius 3 is 2.50 bits per heavy atom. The molecule has 0 aliphatic heterocycles. The molecule has 4 nitrogen and oxygen atoms in total. The van der Waals surface area contributed by atoms with Crippen LogP contribution in [-0.2, 0) is 6.61 Å². The fraction of sp³-hybridized carbons (Fsp3) is 0.130. The Hall–Kier alpha value is -2.92. The molecule has 0 atom stereocenters. The summed E-state index contributed by atoms with van der Waals surface area (Å²) in [5.41, 5.74) is 5.40. The zero-order valence-electron chi connectivity index (χ0n) is 15.6. The molecule has 0 amide bonds. The van der Waals surface area contributed by atoms with Crippen LogP contribution in [0.4, 0.5) is 5.69 Å². The number of benzene rings is 3. The number of aromatic carboxylic acids is 1. The van der Waals surface area contributed by atoms with Gasteiger partial charge in [0.25, 0.3) is 0 Å². The highest BCUT2D eigenvalue weighted by Gasteiger charge is 2.05. The molecular formula is C23H20BrNO3. The zero-order chi connectivity index (χ0) is 20.1. The van der Waals surface area contributed by atoms with Gasteiger partial charge in [0, 0.05) is 6.21 Å². The van der Waals surface area contributed by atoms with Crippen LogP contribution in [0.25, 0.3) is 0 Å². The van der Waals surface area contributed by atoms with Gasteiger partial charge in [0.1, 0.15) is 12.4 Å². The highest BCUT2D eigenvalue weighted by Crippen LogP contribution is 2.27. The molecule has 3 aromatic rings. The van der Waals surface area contributed by atoms with Gasteiger partial charge < -0.3 is 9.84 Å². The van der Waals surface area contributed by atoms with Gasteiger partial charge in [-0.1, -0.05) is 24.3 Å². The minimum absolute atomic E-state index is 0.261. The van der Waals surface area contributed by atoms with Crippen LogP contribution in [0.15, 0.2) is 70.1 Å². The molecule has 142 valence electrons. The number of aryl methyl sites for hydroxylation is 2. The lowest BCUT2D eigenvalue weighted by Gasteiger charge is -2.09. The third kappa shape index (κ3) is 5.08. The summed E-state index contributed by atoms with van der Waals surface area (Å²) in [6.07, 6.45) is 1.83. The Kier molecular flexibility index (Phi) is 6.26. The number of nitrogens with zero attached hydrogens (tertiary/aromatic N) is 1. The van der Waals surface area contributed by atoms with E-state index >= 15 is 0 Å². The number of halogens is 1. The molecule has 0 aliphatic rings. The summed E-state index contributed by atoms with van der Waals surface area (Å²) in [6, 6.07) is 18.6. The molecule has 0 bridgehead atoms. The van der Waals surface area contributed by atoms with E-state index in [1.807, 2.05) is 31.3 Å². The lowest BCUT2D eigenvalue weighted by molar-refractivity contribution is 0.0697. The molecule has 3 aromatic carbocycles. The molecule has 0 heterocycles. The molecule has 0 aliphatic carbocycles. The van der Waals surface area contributed by atoms with Crippen molar-refractivity contribution in [3.63, 3.8) is 0 Å². The summed E-state index contributed by atoms with van der Waals surface area (Å²) in [5.74, 6) is -0.223. The number of carboxylic acids is 1. The second-order valence-corrected chi connectivity index (χ2v) is 7.38. The molecule has 0 unspecified atom stereocenters. The van der Waals surface area contributed by atoms with Gasteiger partial charge in [-0.05, 0) is 88.4 Å². The molecular weight excluding hydrogens is 418 g/mol. The number of carbonyl (C=O) groups is 1. The van der Waals surface area contributed by atoms with Crippen LogP contribution in [0.3, 0.4) is 0 Å². The lowest BCUT2D eigenvalue weighted by atomic mass is 10.1. The maximum absolute atomic E-state index is 10.9. The van der Waals surface area contributed by atoms with Crippen molar-refractivity contribution in [3.8, 4) is 5.75 Å². The first-order valence-corrected chi connectivity index (χ1v) is 9.57. The smallest absolute Gasteiger partial charge is 0.335 e. The predicted molar refractivity (Wildman–Crippen MR) is 115 cm³/mol. The number of rotatable bonds is 6. The Balaban J connectivity index is 1.67. The Bertz CT molecular complexity index is 1030. The average Bonchev–Trinajstić information content (AvgIpc) is 2.68. The minimum Gasteiger partial charge on any atom is -0.488 e. The summed E-state index contributed by atoms with van der Waals surface area (Å²) in [5, 5.41) is 8.94. The number of carboxylic acid groups (broad SMARTS) is 1. The second kappa shape index (κ2) is 8.85. The van der Waals surface area contributed by atoms with E-state index in [1.165, 1.54) is 5.56 Å². The van der Waals surface area contributed by atoms with Crippen LogP contribution in [-0.4, -0.2) is 17.3 Å². The molecule has 0 spiro atoms. The van der Waals surface area contributed by atoms with E-state index in [-0.39, 0.29) is 5.56 Å². The molecule has 0 radical (unpaired) electrons. The first-order valence-electron chi connectivity index (χ1n) is 8.78. The van der Waals surface area contributed by atoms with Crippen LogP contribution >= 0.6 is 15.9 Å². The summed E-state index contributed by atoms with van der Waals surface area (Å²) >= 11 is 3.54. The van der Waals surface area contributed by atoms with Gasteiger partial charge in [-0.3, -0.25) is 4.99 Å². The van der Waals surface area contributed by atoms with Crippen molar-refractivity contribution in [1.82, 2.24) is 0 Å². The molecule has 0 fully saturated rings. The van der Waals surface area contributed by atoms with Crippen LogP contribution in [0.1, 0.15) is 32.6 Å². The maximum Gasteiger partial charge on any atom is 0.335 e. The van der Waals surface area contributed by atoms with Crippen molar-refractivity contribution >= 4 is 33.8 Å². The van der Waals surface area contributed by atoms with Crippen LogP contribution in [0.5, 0.6) is 5.75 Å². The zero-order valence-corrected chi connectivity index (χ0v) is 17.2. The SMILES string of the molecule is Cc1ccc(C)c(N=Cc2ccc(OCc3ccc(C(=O)O)cc3)c(Br)c2)c1. The molecule has 3 rings (SSSR count). The highest BCUT2D eigenvalue weighted by molar-refractivity contribution is 9.10. The first-order chi connectivity index (χ1) is 13.4. The lowest BCUT2D eigenvalue weighted by Crippen LogP contribution is -1.99. The third-order valence-corrected chi connectivity index (χ3v) is 4.89. The Morgan fingerprint density at radius 1 is 1.07 bits per heavy atom. The van der Waals surface area contributed by atoms with Gasteiger partial charge >= 0.3 is 5.97 Å². The number of hydrogen-bond donors (Lipinski definition) is 1. The van der Waals surface area contributed by atoms with E-state index in [0.717, 1.165) is 26.9 Å². The largest absolute Gasteiger partial charge is 0.488 e. The maximum atomic E-state index is 10.9. The molecule has 1 N–H and O–H groups in total. The van der Waals surface area contributed by atoms with E-state index in [1.54, 1.807) is 24.3 Å². The van der Waals surface area contributed by atoms with Crippen molar-refractivity contribution < 1.29 is 14.6 Å². The van der Waals surface area contributed by atoms with Gasteiger partial charge in [0.15, 0.2) is 0 Å². The van der Waals surface area contributed by atoms with Gasteiger partial charge in [-0.2, -0.15) is 0 Å². The number of hydrogen-bond acceptors (Lipinski definition) is 3. The topological polar surface area (TPSA) is 58.9 Å². The van der Waals surface area contributed by atoms with Gasteiger partial charge in [0.2, 0.25) is 0 Å². The monoisotopic (exact) mass is 437 g/mol. The van der Waals surface area contributed by atoms with Crippen molar-refractivity contribution in [1.29, 1.82) is 0 Å². The minimum atomic E-state index is -0.937. The third-order valence-electron chi connectivity index (χ3n) is 4.27. The van der Waals surface area contributed by atoms with Gasteiger partial charge in [0.05, 0.1) is 15.7 Å². The summed E-state index contributed by atoms with van der Waals surface area (Å²) in [4.78, 5) is 15.5. The van der Waals surface area contributed by atoms with Crippen molar-refractivity contribution in [2.45, 2.75) is 20.5 Å². The van der Waals surface area contributed by atoms with Gasteiger partial charge in [-0.15, -0.1) is 0 Å². The van der Waals surface area contributed by atoms with E-state index < -0.39 is 5.97 Å². The molecule has 28 heavy (non-hydrogen) atoms. The summed E-state index contributed by atoms with van der Waals surface area (Å²) in [6.45, 7) is 4.45. The Labute approximate surface area is 172 Å². The molecule has 0 saturated carbocycles. The highest BCUT2D eigenvalue weighted by atomic mass is 79.9. The van der Waals surface area contributed by atoms with Crippen LogP contribution in [0, 0.1) is 13.8 Å². The standard InChI is InChI=1S/C23H20BrNO3/c1-15-3-4-16(2)21(11-15)25-13-18-7-10-22(20(24)12-18)28-14-17-5-8-19(9-6-17)23(26)27/h3-13H,14H2,1-2H3,(H,26,27). The fourth-order valence-electron chi connectivity index (χ4n) is 2.62. The van der Waals surface area contributed by atoms with Crippen molar-refractivity contribution in [3.05, 3.63) is 93.0 Å². The Morgan fingerprint density at radius 2 is 1.82 bits per heavy atom. The van der Waals surface area contributed by atoms with Gasteiger partial charge in [-0.25, -0.2) is 4.79 Å². The van der Waals surface area contributed by atoms with E-state index in [4.69, 9.17) is 9.84 Å². The van der Waals surface area contributed by atoms with Crippen molar-refractivity contribution in [2.75, 3.05) is 0 Å². The summed E-state index contributed by atoms with van der Waals surface area (Å²) < 4.78 is 6.67. The van der Waals surface area contributed by atoms with Crippen molar-refractivity contribution in [2.24, 2.45) is 4.99 Å². The van der Waals surface area contributed by atoms with E-state index in [0.29, 0.717) is 12.4 Å². The first kappa shape index (κ1) is 19.8. The number of ether oxygens (including phenoxy) is 1.